The van der Waals surface area contributed by atoms with E-state index in [1.54, 1.807) is 0 Å². The Morgan fingerprint density at radius 2 is 2.38 bits per heavy atom. The number of anilines is 1. The molecule has 0 radical (unpaired) electrons. The molecule has 8 nitrogen and oxygen atoms in total. The second-order valence-corrected chi connectivity index (χ2v) is 5.75. The fraction of sp³-hybridized carbons (Fsp3) is 0.333. The monoisotopic (exact) mass is 307 g/mol. The van der Waals surface area contributed by atoms with Crippen molar-refractivity contribution in [2.45, 2.75) is 13.0 Å². The van der Waals surface area contributed by atoms with Crippen molar-refractivity contribution >= 4 is 28.2 Å². The van der Waals surface area contributed by atoms with Crippen molar-refractivity contribution in [2.24, 2.45) is 7.05 Å². The minimum absolute atomic E-state index is 0.122. The Bertz CT molecular complexity index is 697. The van der Waals surface area contributed by atoms with Crippen molar-refractivity contribution in [3.8, 4) is 0 Å². The Labute approximate surface area is 124 Å². The highest BCUT2D eigenvalue weighted by molar-refractivity contribution is 7.15. The summed E-state index contributed by atoms with van der Waals surface area (Å²) in [6.07, 6.45) is 0.845. The first kappa shape index (κ1) is 13.7. The highest BCUT2D eigenvalue weighted by atomic mass is 32.1. The van der Waals surface area contributed by atoms with Gasteiger partial charge in [-0.3, -0.25) is 10.1 Å². The van der Waals surface area contributed by atoms with Gasteiger partial charge < -0.3 is 15.4 Å². The molecule has 0 spiro atoms. The van der Waals surface area contributed by atoms with Crippen LogP contribution < -0.4 is 10.6 Å². The molecule has 2 aromatic heterocycles. The van der Waals surface area contributed by atoms with Gasteiger partial charge in [0.2, 0.25) is 0 Å². The third-order valence-electron chi connectivity index (χ3n) is 3.34. The van der Waals surface area contributed by atoms with E-state index in [-0.39, 0.29) is 11.5 Å². The van der Waals surface area contributed by atoms with Gasteiger partial charge in [0, 0.05) is 30.5 Å². The molecule has 0 saturated heterocycles. The molecule has 3 rings (SSSR count). The quantitative estimate of drug-likeness (QED) is 0.657. The van der Waals surface area contributed by atoms with E-state index in [1.165, 1.54) is 35.1 Å². The van der Waals surface area contributed by atoms with Crippen molar-refractivity contribution < 1.29 is 9.72 Å². The zero-order chi connectivity index (χ0) is 15.0. The minimum atomic E-state index is -0.523. The summed E-state index contributed by atoms with van der Waals surface area (Å²) in [5, 5.41) is 17.3. The van der Waals surface area contributed by atoms with Crippen LogP contribution in [0.5, 0.6) is 0 Å². The first-order valence-electron chi connectivity index (χ1n) is 6.37. The van der Waals surface area contributed by atoms with Crippen molar-refractivity contribution in [1.29, 1.82) is 0 Å². The molecule has 2 aromatic rings. The van der Waals surface area contributed by atoms with E-state index < -0.39 is 10.8 Å². The number of hydrogen-bond donors (Lipinski definition) is 2. The summed E-state index contributed by atoms with van der Waals surface area (Å²) in [6.45, 7) is 1.65. The molecule has 9 heteroatoms. The van der Waals surface area contributed by atoms with E-state index >= 15 is 0 Å². The van der Waals surface area contributed by atoms with Crippen molar-refractivity contribution in [3.05, 3.63) is 38.5 Å². The second-order valence-electron chi connectivity index (χ2n) is 4.66. The maximum Gasteiger partial charge on any atom is 0.323 e. The number of thiazole rings is 1. The Hall–Kier alpha value is -2.26. The summed E-state index contributed by atoms with van der Waals surface area (Å²) in [5.74, 6) is -0.521. The lowest BCUT2D eigenvalue weighted by atomic mass is 10.2. The van der Waals surface area contributed by atoms with Crippen LogP contribution in [0.3, 0.4) is 0 Å². The maximum atomic E-state index is 12.2. The molecule has 1 aliphatic rings. The van der Waals surface area contributed by atoms with Crippen LogP contribution in [0.1, 0.15) is 21.1 Å². The normalized spacial score (nSPS) is 13.8. The summed E-state index contributed by atoms with van der Waals surface area (Å²) in [6, 6.07) is 2.74. The topological polar surface area (TPSA) is 102 Å². The van der Waals surface area contributed by atoms with Gasteiger partial charge in [-0.1, -0.05) is 0 Å². The number of nitro groups is 1. The molecule has 0 aromatic carbocycles. The lowest BCUT2D eigenvalue weighted by Gasteiger charge is -2.09. The molecule has 0 atom stereocenters. The highest BCUT2D eigenvalue weighted by Gasteiger charge is 2.22. The van der Waals surface area contributed by atoms with Crippen LogP contribution in [0.2, 0.25) is 0 Å². The molecule has 1 aliphatic heterocycles. The van der Waals surface area contributed by atoms with Gasteiger partial charge in [-0.15, -0.1) is 11.3 Å². The van der Waals surface area contributed by atoms with Crippen LogP contribution in [-0.4, -0.2) is 26.9 Å². The fourth-order valence-corrected chi connectivity index (χ4v) is 3.22. The van der Waals surface area contributed by atoms with Crippen LogP contribution in [0.4, 0.5) is 10.9 Å². The molecule has 1 amide bonds. The molecule has 0 aliphatic carbocycles. The first-order chi connectivity index (χ1) is 10.1. The fourth-order valence-electron chi connectivity index (χ4n) is 2.25. The highest BCUT2D eigenvalue weighted by Crippen LogP contribution is 2.26. The number of nitrogens with zero attached hydrogens (tertiary/aromatic N) is 3. The van der Waals surface area contributed by atoms with Crippen molar-refractivity contribution in [3.63, 3.8) is 0 Å². The lowest BCUT2D eigenvalue weighted by Crippen LogP contribution is -2.22. The predicted octanol–water partition coefficient (Wildman–Crippen LogP) is 1.29. The maximum absolute atomic E-state index is 12.2. The van der Waals surface area contributed by atoms with Gasteiger partial charge >= 0.3 is 5.82 Å². The van der Waals surface area contributed by atoms with Crippen LogP contribution in [0.25, 0.3) is 0 Å². The average molecular weight is 307 g/mol. The number of hydrogen-bond acceptors (Lipinski definition) is 6. The van der Waals surface area contributed by atoms with E-state index in [4.69, 9.17) is 0 Å². The number of nitrogens with one attached hydrogen (secondary N) is 2. The summed E-state index contributed by atoms with van der Waals surface area (Å²) < 4.78 is 1.25. The summed E-state index contributed by atoms with van der Waals surface area (Å²) >= 11 is 1.43. The van der Waals surface area contributed by atoms with Gasteiger partial charge in [-0.2, -0.15) is 0 Å². The van der Waals surface area contributed by atoms with E-state index in [1.807, 2.05) is 0 Å². The van der Waals surface area contributed by atoms with E-state index in [9.17, 15) is 14.9 Å². The molecule has 3 heterocycles. The van der Waals surface area contributed by atoms with Gasteiger partial charge in [0.25, 0.3) is 5.91 Å². The molecule has 21 heavy (non-hydrogen) atoms. The first-order valence-corrected chi connectivity index (χ1v) is 7.18. The number of fused-ring (bicyclic) bond motifs is 1. The van der Waals surface area contributed by atoms with Crippen LogP contribution in [-0.2, 0) is 20.0 Å². The molecule has 0 bridgehead atoms. The average Bonchev–Trinajstić information content (AvgIpc) is 3.01. The Balaban J connectivity index is 1.80. The Morgan fingerprint density at radius 1 is 1.57 bits per heavy atom. The Morgan fingerprint density at radius 3 is 3.05 bits per heavy atom. The smallest absolute Gasteiger partial charge is 0.323 e. The number of amides is 1. The summed E-state index contributed by atoms with van der Waals surface area (Å²) in [5.41, 5.74) is 1.24. The minimum Gasteiger partial charge on any atom is -0.358 e. The number of aromatic nitrogens is 2. The SMILES string of the molecule is Cn1c(C(=O)Nc2nc3c(s2)CNCC3)ccc1[N+](=O)[O-]. The summed E-state index contributed by atoms with van der Waals surface area (Å²) in [4.78, 5) is 28.0. The third kappa shape index (κ3) is 2.52. The predicted molar refractivity (Wildman–Crippen MR) is 77.5 cm³/mol. The van der Waals surface area contributed by atoms with Gasteiger partial charge in [-0.05, 0) is 11.0 Å². The van der Waals surface area contributed by atoms with Crippen LogP contribution in [0, 0.1) is 10.1 Å². The van der Waals surface area contributed by atoms with Gasteiger partial charge in [0.1, 0.15) is 0 Å². The van der Waals surface area contributed by atoms with E-state index in [2.05, 4.69) is 15.6 Å². The standard InChI is InChI=1S/C12H13N5O3S/c1-16-8(2-3-10(16)17(19)20)11(18)15-12-14-7-4-5-13-6-9(7)21-12/h2-3,13H,4-6H2,1H3,(H,14,15,18). The number of carbonyl (C=O) groups is 1. The van der Waals surface area contributed by atoms with Crippen molar-refractivity contribution in [2.75, 3.05) is 11.9 Å². The van der Waals surface area contributed by atoms with Gasteiger partial charge in [0.15, 0.2) is 10.8 Å². The number of carbonyl (C=O) groups excluding carboxylic acids is 1. The largest absolute Gasteiger partial charge is 0.358 e. The van der Waals surface area contributed by atoms with E-state index in [0.29, 0.717) is 5.13 Å². The molecule has 0 saturated carbocycles. The molecular formula is C12H13N5O3S. The molecule has 2 N–H and O–H groups in total. The van der Waals surface area contributed by atoms with Gasteiger partial charge in [0.05, 0.1) is 12.7 Å². The molecule has 0 fully saturated rings. The second kappa shape index (κ2) is 5.26. The Kier molecular flexibility index (Phi) is 3.43. The van der Waals surface area contributed by atoms with Gasteiger partial charge in [-0.25, -0.2) is 9.55 Å². The van der Waals surface area contributed by atoms with Crippen LogP contribution in [0.15, 0.2) is 12.1 Å². The molecular weight excluding hydrogens is 294 g/mol. The third-order valence-corrected chi connectivity index (χ3v) is 4.35. The lowest BCUT2D eigenvalue weighted by molar-refractivity contribution is -0.391. The van der Waals surface area contributed by atoms with E-state index in [0.717, 1.165) is 30.1 Å². The number of rotatable bonds is 3. The zero-order valence-electron chi connectivity index (χ0n) is 11.3. The molecule has 0 unspecified atom stereocenters. The van der Waals surface area contributed by atoms with Crippen LogP contribution >= 0.6 is 11.3 Å². The van der Waals surface area contributed by atoms with Crippen molar-refractivity contribution in [1.82, 2.24) is 14.9 Å². The molecule has 110 valence electrons. The summed E-state index contributed by atoms with van der Waals surface area (Å²) in [7, 11) is 1.49. The zero-order valence-corrected chi connectivity index (χ0v) is 12.1.